The summed E-state index contributed by atoms with van der Waals surface area (Å²) < 4.78 is 36.8. The zero-order valence-electron chi connectivity index (χ0n) is 15.9. The number of nitrogens with one attached hydrogen (secondary N) is 1. The number of rotatable bonds is 7. The highest BCUT2D eigenvalue weighted by atomic mass is 32.2. The van der Waals surface area contributed by atoms with Crippen LogP contribution in [0.3, 0.4) is 0 Å². The van der Waals surface area contributed by atoms with Crippen molar-refractivity contribution < 1.29 is 22.7 Å². The number of amides is 1. The van der Waals surface area contributed by atoms with Crippen LogP contribution in [0.4, 0.5) is 5.69 Å². The monoisotopic (exact) mass is 404 g/mol. The molecule has 0 fully saturated rings. The zero-order chi connectivity index (χ0) is 20.1. The van der Waals surface area contributed by atoms with Crippen molar-refractivity contribution in [3.8, 4) is 11.5 Å². The van der Waals surface area contributed by atoms with Crippen LogP contribution in [0.5, 0.6) is 11.5 Å². The standard InChI is InChI=1S/C20H24N2O5S/c1-3-15-8-10-16(11-9-15)22(28(2,24)25)13-20(23)21-12-17-14-26-18-6-4-5-7-19(18)27-17/h4-11,17H,3,12-14H2,1-2H3,(H,21,23). The minimum absolute atomic E-state index is 0.222. The molecule has 0 aliphatic carbocycles. The molecule has 3 rings (SSSR count). The van der Waals surface area contributed by atoms with E-state index in [9.17, 15) is 13.2 Å². The molecule has 7 nitrogen and oxygen atoms in total. The molecule has 1 atom stereocenters. The Morgan fingerprint density at radius 1 is 1.14 bits per heavy atom. The van der Waals surface area contributed by atoms with Crippen LogP contribution < -0.4 is 19.1 Å². The number of fused-ring (bicyclic) bond motifs is 1. The molecule has 28 heavy (non-hydrogen) atoms. The number of aryl methyl sites for hydroxylation is 1. The Morgan fingerprint density at radius 2 is 1.82 bits per heavy atom. The number of carbonyl (C=O) groups is 1. The van der Waals surface area contributed by atoms with Crippen molar-refractivity contribution in [2.24, 2.45) is 0 Å². The molecule has 2 aromatic carbocycles. The fourth-order valence-electron chi connectivity index (χ4n) is 2.88. The molecule has 1 amide bonds. The number of anilines is 1. The molecule has 1 unspecified atom stereocenters. The summed E-state index contributed by atoms with van der Waals surface area (Å²) in [7, 11) is -3.60. The Kier molecular flexibility index (Phi) is 6.08. The molecule has 150 valence electrons. The molecule has 0 bridgehead atoms. The first-order valence-electron chi connectivity index (χ1n) is 9.08. The van der Waals surface area contributed by atoms with E-state index in [1.165, 1.54) is 0 Å². The summed E-state index contributed by atoms with van der Waals surface area (Å²) in [5.74, 6) is 0.887. The van der Waals surface area contributed by atoms with Crippen LogP contribution >= 0.6 is 0 Å². The highest BCUT2D eigenvalue weighted by Gasteiger charge is 2.24. The Bertz CT molecular complexity index is 928. The van der Waals surface area contributed by atoms with Gasteiger partial charge in [0, 0.05) is 0 Å². The number of benzene rings is 2. The van der Waals surface area contributed by atoms with Crippen molar-refractivity contribution in [3.05, 3.63) is 54.1 Å². The van der Waals surface area contributed by atoms with E-state index in [-0.39, 0.29) is 19.2 Å². The van der Waals surface area contributed by atoms with E-state index in [2.05, 4.69) is 5.32 Å². The smallest absolute Gasteiger partial charge is 0.240 e. The molecule has 0 spiro atoms. The van der Waals surface area contributed by atoms with Crippen LogP contribution in [-0.4, -0.2) is 46.4 Å². The lowest BCUT2D eigenvalue weighted by Gasteiger charge is -2.27. The highest BCUT2D eigenvalue weighted by Crippen LogP contribution is 2.30. The van der Waals surface area contributed by atoms with Crippen molar-refractivity contribution >= 4 is 21.6 Å². The van der Waals surface area contributed by atoms with Crippen LogP contribution in [0.1, 0.15) is 12.5 Å². The SMILES string of the molecule is CCc1ccc(N(CC(=O)NCC2COc3ccccc3O2)S(C)(=O)=O)cc1. The molecule has 0 saturated carbocycles. The van der Waals surface area contributed by atoms with E-state index in [1.54, 1.807) is 18.2 Å². The number of hydrogen-bond donors (Lipinski definition) is 1. The van der Waals surface area contributed by atoms with Crippen molar-refractivity contribution in [1.82, 2.24) is 5.32 Å². The molecule has 0 aromatic heterocycles. The summed E-state index contributed by atoms with van der Waals surface area (Å²) in [5.41, 5.74) is 1.55. The van der Waals surface area contributed by atoms with Crippen LogP contribution in [0.2, 0.25) is 0 Å². The lowest BCUT2D eigenvalue weighted by Crippen LogP contribution is -2.45. The second-order valence-electron chi connectivity index (χ2n) is 6.59. The zero-order valence-corrected chi connectivity index (χ0v) is 16.7. The first-order valence-corrected chi connectivity index (χ1v) is 10.9. The lowest BCUT2D eigenvalue weighted by atomic mass is 10.1. The van der Waals surface area contributed by atoms with Crippen molar-refractivity contribution in [1.29, 1.82) is 0 Å². The predicted molar refractivity (Wildman–Crippen MR) is 107 cm³/mol. The van der Waals surface area contributed by atoms with Gasteiger partial charge in [-0.25, -0.2) is 8.42 Å². The van der Waals surface area contributed by atoms with E-state index >= 15 is 0 Å². The quantitative estimate of drug-likeness (QED) is 0.763. The van der Waals surface area contributed by atoms with E-state index in [0.29, 0.717) is 23.8 Å². The van der Waals surface area contributed by atoms with Gasteiger partial charge in [-0.1, -0.05) is 31.2 Å². The third-order valence-electron chi connectivity index (χ3n) is 4.41. The predicted octanol–water partition coefficient (Wildman–Crippen LogP) is 1.97. The van der Waals surface area contributed by atoms with E-state index in [1.807, 2.05) is 37.3 Å². The molecule has 8 heteroatoms. The van der Waals surface area contributed by atoms with Gasteiger partial charge in [0.1, 0.15) is 19.3 Å². The maximum Gasteiger partial charge on any atom is 0.240 e. The van der Waals surface area contributed by atoms with Gasteiger partial charge in [-0.05, 0) is 36.2 Å². The Morgan fingerprint density at radius 3 is 2.46 bits per heavy atom. The molecule has 1 aliphatic rings. The molecule has 0 radical (unpaired) electrons. The topological polar surface area (TPSA) is 84.9 Å². The maximum atomic E-state index is 12.4. The fraction of sp³-hybridized carbons (Fsp3) is 0.350. The highest BCUT2D eigenvalue weighted by molar-refractivity contribution is 7.92. The summed E-state index contributed by atoms with van der Waals surface area (Å²) >= 11 is 0. The van der Waals surface area contributed by atoms with Gasteiger partial charge in [-0.3, -0.25) is 9.10 Å². The Labute approximate surface area is 165 Å². The first-order chi connectivity index (χ1) is 13.4. The maximum absolute atomic E-state index is 12.4. The van der Waals surface area contributed by atoms with Crippen molar-refractivity contribution in [3.63, 3.8) is 0 Å². The van der Waals surface area contributed by atoms with Crippen LogP contribution in [0, 0.1) is 0 Å². The Hall–Kier alpha value is -2.74. The van der Waals surface area contributed by atoms with Gasteiger partial charge < -0.3 is 14.8 Å². The van der Waals surface area contributed by atoms with Gasteiger partial charge in [-0.2, -0.15) is 0 Å². The summed E-state index contributed by atoms with van der Waals surface area (Å²) in [6.07, 6.45) is 1.60. The van der Waals surface area contributed by atoms with Gasteiger partial charge in [0.05, 0.1) is 18.5 Å². The van der Waals surface area contributed by atoms with Crippen LogP contribution in [-0.2, 0) is 21.2 Å². The minimum Gasteiger partial charge on any atom is -0.486 e. The van der Waals surface area contributed by atoms with Gasteiger partial charge >= 0.3 is 0 Å². The number of para-hydroxylation sites is 2. The first kappa shape index (κ1) is 20.0. The van der Waals surface area contributed by atoms with Crippen LogP contribution in [0.25, 0.3) is 0 Å². The second kappa shape index (κ2) is 8.52. The average Bonchev–Trinajstić information content (AvgIpc) is 2.69. The largest absolute Gasteiger partial charge is 0.486 e. The summed E-state index contributed by atoms with van der Waals surface area (Å²) in [6, 6.07) is 14.5. The van der Waals surface area contributed by atoms with Gasteiger partial charge in [0.25, 0.3) is 0 Å². The molecular weight excluding hydrogens is 380 g/mol. The number of nitrogens with zero attached hydrogens (tertiary/aromatic N) is 1. The minimum atomic E-state index is -3.60. The van der Waals surface area contributed by atoms with Gasteiger partial charge in [-0.15, -0.1) is 0 Å². The summed E-state index contributed by atoms with van der Waals surface area (Å²) in [4.78, 5) is 12.4. The van der Waals surface area contributed by atoms with E-state index in [0.717, 1.165) is 22.5 Å². The van der Waals surface area contributed by atoms with Gasteiger partial charge in [0.2, 0.25) is 15.9 Å². The molecule has 1 heterocycles. The number of sulfonamides is 1. The molecule has 0 saturated heterocycles. The lowest BCUT2D eigenvalue weighted by molar-refractivity contribution is -0.120. The Balaban J connectivity index is 1.60. The average molecular weight is 404 g/mol. The summed E-state index contributed by atoms with van der Waals surface area (Å²) in [5, 5.41) is 2.73. The number of carbonyl (C=O) groups excluding carboxylic acids is 1. The van der Waals surface area contributed by atoms with Crippen LogP contribution in [0.15, 0.2) is 48.5 Å². The fourth-order valence-corrected chi connectivity index (χ4v) is 3.73. The molecule has 1 aliphatic heterocycles. The molecule has 2 aromatic rings. The van der Waals surface area contributed by atoms with E-state index in [4.69, 9.17) is 9.47 Å². The molecule has 1 N–H and O–H groups in total. The van der Waals surface area contributed by atoms with E-state index < -0.39 is 15.9 Å². The van der Waals surface area contributed by atoms with Crippen molar-refractivity contribution in [2.75, 3.05) is 30.3 Å². The van der Waals surface area contributed by atoms with Gasteiger partial charge in [0.15, 0.2) is 11.5 Å². The number of hydrogen-bond acceptors (Lipinski definition) is 5. The number of ether oxygens (including phenoxy) is 2. The molecular formula is C20H24N2O5S. The third kappa shape index (κ3) is 4.95. The second-order valence-corrected chi connectivity index (χ2v) is 8.50. The normalized spacial score (nSPS) is 15.7. The summed E-state index contributed by atoms with van der Waals surface area (Å²) in [6.45, 7) is 2.26. The van der Waals surface area contributed by atoms with Crippen molar-refractivity contribution in [2.45, 2.75) is 19.4 Å². The third-order valence-corrected chi connectivity index (χ3v) is 5.56.